The van der Waals surface area contributed by atoms with E-state index in [2.05, 4.69) is 0 Å². The Kier molecular flexibility index (Phi) is 5.23. The maximum Gasteiger partial charge on any atom is 0.330 e. The van der Waals surface area contributed by atoms with Crippen molar-refractivity contribution in [1.29, 1.82) is 0 Å². The van der Waals surface area contributed by atoms with E-state index in [0.29, 0.717) is 16.7 Å². The van der Waals surface area contributed by atoms with Crippen molar-refractivity contribution in [3.63, 3.8) is 0 Å². The van der Waals surface area contributed by atoms with E-state index in [1.165, 1.54) is 30.3 Å². The molecule has 0 N–H and O–H groups in total. The van der Waals surface area contributed by atoms with E-state index in [1.807, 2.05) is 30.3 Å². The third-order valence-corrected chi connectivity index (χ3v) is 3.99. The van der Waals surface area contributed by atoms with Crippen LogP contribution >= 0.6 is 0 Å². The Morgan fingerprint density at radius 3 is 2.46 bits per heavy atom. The van der Waals surface area contributed by atoms with Crippen LogP contribution in [0.4, 0.5) is 4.39 Å². The molecule has 0 radical (unpaired) electrons. The predicted octanol–water partition coefficient (Wildman–Crippen LogP) is 4.79. The van der Waals surface area contributed by atoms with E-state index >= 15 is 0 Å². The molecule has 3 aromatic carbocycles. The minimum atomic E-state index is -0.472. The summed E-state index contributed by atoms with van der Waals surface area (Å²) in [6.07, 6.45) is 2.91. The van der Waals surface area contributed by atoms with Gasteiger partial charge in [0.25, 0.3) is 0 Å². The fraction of sp³-hybridized carbons (Fsp3) is 0.0909. The normalized spacial score (nSPS) is 11.0. The van der Waals surface area contributed by atoms with Crippen molar-refractivity contribution in [3.8, 4) is 0 Å². The van der Waals surface area contributed by atoms with Crippen LogP contribution in [0.2, 0.25) is 0 Å². The van der Waals surface area contributed by atoms with Crippen LogP contribution < -0.4 is 0 Å². The third kappa shape index (κ3) is 3.70. The summed E-state index contributed by atoms with van der Waals surface area (Å²) in [5.41, 5.74) is 1.45. The highest BCUT2D eigenvalue weighted by molar-refractivity contribution is 6.14. The molecule has 0 saturated heterocycles. The molecule has 0 spiro atoms. The van der Waals surface area contributed by atoms with Gasteiger partial charge in [0.1, 0.15) is 5.82 Å². The molecule has 0 aliphatic heterocycles. The number of hydrogen-bond donors (Lipinski definition) is 0. The first-order valence-electron chi connectivity index (χ1n) is 8.27. The van der Waals surface area contributed by atoms with Gasteiger partial charge in [-0.25, -0.2) is 9.18 Å². The predicted molar refractivity (Wildman–Crippen MR) is 99.4 cm³/mol. The Morgan fingerprint density at radius 2 is 1.73 bits per heavy atom. The summed E-state index contributed by atoms with van der Waals surface area (Å²) < 4.78 is 18.1. The van der Waals surface area contributed by atoms with Crippen LogP contribution in [0.3, 0.4) is 0 Å². The Labute approximate surface area is 150 Å². The lowest BCUT2D eigenvalue weighted by atomic mass is 9.93. The Bertz CT molecular complexity index is 988. The van der Waals surface area contributed by atoms with Crippen molar-refractivity contribution >= 4 is 28.6 Å². The zero-order chi connectivity index (χ0) is 18.5. The molecule has 3 nitrogen and oxygen atoms in total. The lowest BCUT2D eigenvalue weighted by Crippen LogP contribution is -2.05. The van der Waals surface area contributed by atoms with Gasteiger partial charge in [0.2, 0.25) is 0 Å². The molecule has 0 bridgehead atoms. The van der Waals surface area contributed by atoms with Crippen LogP contribution in [0.25, 0.3) is 16.8 Å². The van der Waals surface area contributed by atoms with Gasteiger partial charge in [-0.05, 0) is 59.7 Å². The fourth-order valence-electron chi connectivity index (χ4n) is 2.77. The van der Waals surface area contributed by atoms with Crippen molar-refractivity contribution in [1.82, 2.24) is 0 Å². The topological polar surface area (TPSA) is 43.4 Å². The average Bonchev–Trinajstić information content (AvgIpc) is 2.66. The zero-order valence-corrected chi connectivity index (χ0v) is 14.2. The van der Waals surface area contributed by atoms with Crippen molar-refractivity contribution in [2.75, 3.05) is 6.61 Å². The summed E-state index contributed by atoms with van der Waals surface area (Å²) in [4.78, 5) is 24.6. The highest BCUT2D eigenvalue weighted by Crippen LogP contribution is 2.26. The summed E-state index contributed by atoms with van der Waals surface area (Å²) in [7, 11) is 0. The van der Waals surface area contributed by atoms with Gasteiger partial charge >= 0.3 is 5.97 Å². The molecule has 130 valence electrons. The van der Waals surface area contributed by atoms with Crippen molar-refractivity contribution in [2.24, 2.45) is 0 Å². The number of rotatable bonds is 5. The number of benzene rings is 3. The van der Waals surface area contributed by atoms with Gasteiger partial charge in [-0.15, -0.1) is 0 Å². The second kappa shape index (κ2) is 7.74. The maximum atomic E-state index is 13.1. The SMILES string of the molecule is CCOC(=O)/C=C/c1c(C(=O)c2ccc(F)cc2)ccc2ccccc12. The molecule has 4 heteroatoms. The largest absolute Gasteiger partial charge is 0.463 e. The zero-order valence-electron chi connectivity index (χ0n) is 14.2. The number of ketones is 1. The molecule has 0 aliphatic rings. The monoisotopic (exact) mass is 348 g/mol. The molecule has 0 atom stereocenters. The van der Waals surface area contributed by atoms with Gasteiger partial charge in [-0.1, -0.05) is 30.3 Å². The number of ether oxygens (including phenoxy) is 1. The molecule has 26 heavy (non-hydrogen) atoms. The first kappa shape index (κ1) is 17.5. The lowest BCUT2D eigenvalue weighted by Gasteiger charge is -2.10. The van der Waals surface area contributed by atoms with E-state index in [4.69, 9.17) is 4.74 Å². The van der Waals surface area contributed by atoms with Crippen LogP contribution in [-0.2, 0) is 9.53 Å². The smallest absolute Gasteiger partial charge is 0.330 e. The third-order valence-electron chi connectivity index (χ3n) is 3.99. The minimum Gasteiger partial charge on any atom is -0.463 e. The lowest BCUT2D eigenvalue weighted by molar-refractivity contribution is -0.137. The number of carbonyl (C=O) groups is 2. The molecule has 0 saturated carbocycles. The van der Waals surface area contributed by atoms with Gasteiger partial charge in [0, 0.05) is 17.2 Å². The Balaban J connectivity index is 2.12. The molecule has 0 unspecified atom stereocenters. The van der Waals surface area contributed by atoms with Crippen LogP contribution in [0.5, 0.6) is 0 Å². The number of carbonyl (C=O) groups excluding carboxylic acids is 2. The van der Waals surface area contributed by atoms with E-state index in [0.717, 1.165) is 10.8 Å². The molecule has 3 aromatic rings. The van der Waals surface area contributed by atoms with E-state index in [-0.39, 0.29) is 12.4 Å². The second-order valence-corrected chi connectivity index (χ2v) is 5.67. The quantitative estimate of drug-likeness (QED) is 0.378. The van der Waals surface area contributed by atoms with Crippen molar-refractivity contribution in [3.05, 3.63) is 89.2 Å². The van der Waals surface area contributed by atoms with Crippen LogP contribution in [0, 0.1) is 5.82 Å². The molecule has 0 aliphatic carbocycles. The summed E-state index contributed by atoms with van der Waals surface area (Å²) in [6, 6.07) is 16.6. The molecule has 0 fully saturated rings. The fourth-order valence-corrected chi connectivity index (χ4v) is 2.77. The summed E-state index contributed by atoms with van der Waals surface area (Å²) in [6.45, 7) is 2.01. The summed E-state index contributed by atoms with van der Waals surface area (Å²) >= 11 is 0. The summed E-state index contributed by atoms with van der Waals surface area (Å²) in [5.74, 6) is -1.11. The first-order chi connectivity index (χ1) is 12.6. The molecule has 0 amide bonds. The van der Waals surface area contributed by atoms with Crippen molar-refractivity contribution < 1.29 is 18.7 Å². The highest BCUT2D eigenvalue weighted by Gasteiger charge is 2.15. The molecule has 3 rings (SSSR count). The maximum absolute atomic E-state index is 13.1. The van der Waals surface area contributed by atoms with E-state index in [9.17, 15) is 14.0 Å². The van der Waals surface area contributed by atoms with Gasteiger partial charge in [0.15, 0.2) is 5.78 Å². The molecular formula is C22H17FO3. The highest BCUT2D eigenvalue weighted by atomic mass is 19.1. The van der Waals surface area contributed by atoms with Gasteiger partial charge in [0.05, 0.1) is 6.61 Å². The molecule has 0 aromatic heterocycles. The van der Waals surface area contributed by atoms with E-state index in [1.54, 1.807) is 19.1 Å². The average molecular weight is 348 g/mol. The van der Waals surface area contributed by atoms with Crippen LogP contribution in [0.1, 0.15) is 28.4 Å². The van der Waals surface area contributed by atoms with E-state index < -0.39 is 11.8 Å². The number of halogens is 1. The summed E-state index contributed by atoms with van der Waals surface area (Å²) in [5, 5.41) is 1.80. The second-order valence-electron chi connectivity index (χ2n) is 5.67. The Morgan fingerprint density at radius 1 is 1.00 bits per heavy atom. The minimum absolute atomic E-state index is 0.237. The van der Waals surface area contributed by atoms with Crippen LogP contribution in [-0.4, -0.2) is 18.4 Å². The first-order valence-corrected chi connectivity index (χ1v) is 8.27. The number of esters is 1. The molecule has 0 heterocycles. The van der Waals surface area contributed by atoms with Gasteiger partial charge < -0.3 is 4.74 Å². The van der Waals surface area contributed by atoms with Crippen LogP contribution in [0.15, 0.2) is 66.7 Å². The Hall–Kier alpha value is -3.27. The molecular weight excluding hydrogens is 331 g/mol. The van der Waals surface area contributed by atoms with Gasteiger partial charge in [-0.3, -0.25) is 4.79 Å². The standard InChI is InChI=1S/C22H17FO3/c1-2-26-21(24)14-13-19-18-6-4-3-5-15(18)9-12-20(19)22(25)16-7-10-17(23)11-8-16/h3-14H,2H2,1H3/b14-13+. The number of hydrogen-bond acceptors (Lipinski definition) is 3. The number of fused-ring (bicyclic) bond motifs is 1. The van der Waals surface area contributed by atoms with Crippen molar-refractivity contribution in [2.45, 2.75) is 6.92 Å². The van der Waals surface area contributed by atoms with Gasteiger partial charge in [-0.2, -0.15) is 0 Å².